The highest BCUT2D eigenvalue weighted by atomic mass is 16.5. The lowest BCUT2D eigenvalue weighted by molar-refractivity contribution is -0.134. The molecule has 3 heterocycles. The van der Waals surface area contributed by atoms with Crippen molar-refractivity contribution in [1.29, 1.82) is 0 Å². The molecule has 1 aromatic carbocycles. The number of fused-ring (bicyclic) bond motifs is 1. The molecule has 1 aliphatic rings. The van der Waals surface area contributed by atoms with E-state index in [0.29, 0.717) is 26.1 Å². The number of hydrogen-bond donors (Lipinski definition) is 0. The maximum Gasteiger partial charge on any atom is 0.225 e. The van der Waals surface area contributed by atoms with Gasteiger partial charge in [-0.2, -0.15) is 5.10 Å². The van der Waals surface area contributed by atoms with Crippen molar-refractivity contribution in [3.63, 3.8) is 0 Å². The molecule has 0 fully saturated rings. The largest absolute Gasteiger partial charge is 0.491 e. The normalized spacial score (nSPS) is 16.1. The predicted molar refractivity (Wildman–Crippen MR) is 111 cm³/mol. The zero-order chi connectivity index (χ0) is 20.4. The molecule has 0 saturated heterocycles. The third-order valence-corrected chi connectivity index (χ3v) is 5.37. The molecular weight excluding hydrogens is 364 g/mol. The molecule has 3 aromatic rings. The van der Waals surface area contributed by atoms with E-state index in [-0.39, 0.29) is 11.9 Å². The first kappa shape index (κ1) is 19.2. The Kier molecular flexibility index (Phi) is 5.34. The summed E-state index contributed by atoms with van der Waals surface area (Å²) in [6.07, 6.45) is 4.03. The Hall–Kier alpha value is -3.15. The number of aromatic nitrogens is 3. The van der Waals surface area contributed by atoms with Crippen LogP contribution in [0.4, 0.5) is 0 Å². The van der Waals surface area contributed by atoms with Gasteiger partial charge in [0.05, 0.1) is 11.7 Å². The van der Waals surface area contributed by atoms with Gasteiger partial charge < -0.3 is 9.64 Å². The Labute approximate surface area is 171 Å². The summed E-state index contributed by atoms with van der Waals surface area (Å²) in [6, 6.07) is 12.1. The van der Waals surface area contributed by atoms with Gasteiger partial charge in [0.25, 0.3) is 0 Å². The first-order valence-corrected chi connectivity index (χ1v) is 9.98. The highest BCUT2D eigenvalue weighted by Gasteiger charge is 2.26. The van der Waals surface area contributed by atoms with E-state index in [0.717, 1.165) is 33.8 Å². The van der Waals surface area contributed by atoms with E-state index in [2.05, 4.69) is 16.1 Å². The average molecular weight is 390 g/mol. The molecule has 0 radical (unpaired) electrons. The predicted octanol–water partition coefficient (Wildman–Crippen LogP) is 3.76. The van der Waals surface area contributed by atoms with Gasteiger partial charge in [0.15, 0.2) is 0 Å². The molecule has 1 aliphatic heterocycles. The van der Waals surface area contributed by atoms with Gasteiger partial charge in [-0.1, -0.05) is 12.1 Å². The SMILES string of the molecule is Cc1cc(C)n(CCC(=O)N2Cc3cc(-c4cccnc4)ccc3OCC2C)n1. The molecule has 0 saturated carbocycles. The zero-order valence-electron chi connectivity index (χ0n) is 17.1. The minimum absolute atomic E-state index is 0.0113. The molecule has 0 bridgehead atoms. The number of aryl methyl sites for hydroxylation is 3. The van der Waals surface area contributed by atoms with Crippen molar-refractivity contribution in [1.82, 2.24) is 19.7 Å². The average Bonchev–Trinajstić information content (AvgIpc) is 2.95. The molecule has 29 heavy (non-hydrogen) atoms. The highest BCUT2D eigenvalue weighted by Crippen LogP contribution is 2.30. The molecular formula is C23H26N4O2. The number of hydrogen-bond acceptors (Lipinski definition) is 4. The van der Waals surface area contributed by atoms with Crippen molar-refractivity contribution >= 4 is 5.91 Å². The highest BCUT2D eigenvalue weighted by molar-refractivity contribution is 5.77. The topological polar surface area (TPSA) is 60.2 Å². The summed E-state index contributed by atoms with van der Waals surface area (Å²) in [7, 11) is 0. The molecule has 1 atom stereocenters. The van der Waals surface area contributed by atoms with Crippen molar-refractivity contribution < 1.29 is 9.53 Å². The summed E-state index contributed by atoms with van der Waals surface area (Å²) in [5, 5.41) is 4.46. The summed E-state index contributed by atoms with van der Waals surface area (Å²) in [5.74, 6) is 0.964. The number of carbonyl (C=O) groups is 1. The Balaban J connectivity index is 1.53. The van der Waals surface area contributed by atoms with E-state index in [9.17, 15) is 4.79 Å². The third-order valence-electron chi connectivity index (χ3n) is 5.37. The fraction of sp³-hybridized carbons (Fsp3) is 0.348. The second-order valence-corrected chi connectivity index (χ2v) is 7.65. The van der Waals surface area contributed by atoms with Gasteiger partial charge in [0.1, 0.15) is 12.4 Å². The smallest absolute Gasteiger partial charge is 0.225 e. The van der Waals surface area contributed by atoms with Gasteiger partial charge >= 0.3 is 0 Å². The fourth-order valence-electron chi connectivity index (χ4n) is 3.78. The lowest BCUT2D eigenvalue weighted by Gasteiger charge is -2.26. The lowest BCUT2D eigenvalue weighted by atomic mass is 10.0. The van der Waals surface area contributed by atoms with Gasteiger partial charge in [-0.25, -0.2) is 0 Å². The molecule has 0 spiro atoms. The minimum atomic E-state index is 0.0113. The quantitative estimate of drug-likeness (QED) is 0.681. The van der Waals surface area contributed by atoms with E-state index in [1.54, 1.807) is 6.20 Å². The number of nitrogens with zero attached hydrogens (tertiary/aromatic N) is 4. The summed E-state index contributed by atoms with van der Waals surface area (Å²) < 4.78 is 7.89. The summed E-state index contributed by atoms with van der Waals surface area (Å²) >= 11 is 0. The van der Waals surface area contributed by atoms with Crippen LogP contribution >= 0.6 is 0 Å². The van der Waals surface area contributed by atoms with Crippen molar-refractivity contribution in [3.8, 4) is 16.9 Å². The minimum Gasteiger partial charge on any atom is -0.491 e. The second kappa shape index (κ2) is 8.07. The lowest BCUT2D eigenvalue weighted by Crippen LogP contribution is -2.40. The number of pyridine rings is 1. The molecule has 6 heteroatoms. The maximum atomic E-state index is 13.0. The molecule has 4 rings (SSSR count). The molecule has 0 aliphatic carbocycles. The van der Waals surface area contributed by atoms with E-state index >= 15 is 0 Å². The van der Waals surface area contributed by atoms with Gasteiger partial charge in [-0.05, 0) is 50.6 Å². The van der Waals surface area contributed by atoms with Crippen LogP contribution in [-0.4, -0.2) is 38.2 Å². The zero-order valence-corrected chi connectivity index (χ0v) is 17.1. The van der Waals surface area contributed by atoms with Crippen molar-refractivity contribution in [2.75, 3.05) is 6.61 Å². The van der Waals surface area contributed by atoms with Gasteiger partial charge in [-0.15, -0.1) is 0 Å². The number of amides is 1. The number of benzene rings is 1. The molecule has 150 valence electrons. The van der Waals surface area contributed by atoms with Crippen LogP contribution in [0.1, 0.15) is 30.3 Å². The molecule has 6 nitrogen and oxygen atoms in total. The first-order valence-electron chi connectivity index (χ1n) is 9.98. The van der Waals surface area contributed by atoms with Crippen LogP contribution in [0.5, 0.6) is 5.75 Å². The summed E-state index contributed by atoms with van der Waals surface area (Å²) in [5.41, 5.74) is 5.20. The van der Waals surface area contributed by atoms with E-state index < -0.39 is 0 Å². The number of ether oxygens (including phenoxy) is 1. The van der Waals surface area contributed by atoms with Crippen molar-refractivity contribution in [2.45, 2.75) is 46.3 Å². The van der Waals surface area contributed by atoms with E-state index in [1.165, 1.54) is 0 Å². The Morgan fingerprint density at radius 2 is 2.07 bits per heavy atom. The molecule has 1 amide bonds. The van der Waals surface area contributed by atoms with Crippen LogP contribution in [0.2, 0.25) is 0 Å². The third kappa shape index (κ3) is 4.16. The molecule has 0 N–H and O–H groups in total. The molecule has 1 unspecified atom stereocenters. The monoisotopic (exact) mass is 390 g/mol. The van der Waals surface area contributed by atoms with Crippen molar-refractivity contribution in [3.05, 3.63) is 65.7 Å². The second-order valence-electron chi connectivity index (χ2n) is 7.65. The summed E-state index contributed by atoms with van der Waals surface area (Å²) in [6.45, 7) is 7.64. The Morgan fingerprint density at radius 1 is 1.21 bits per heavy atom. The van der Waals surface area contributed by atoms with E-state index in [4.69, 9.17) is 4.74 Å². The van der Waals surface area contributed by atoms with Gasteiger partial charge in [0.2, 0.25) is 5.91 Å². The molecule has 2 aromatic heterocycles. The number of carbonyl (C=O) groups excluding carboxylic acids is 1. The van der Waals surface area contributed by atoms with Crippen LogP contribution in [0.25, 0.3) is 11.1 Å². The van der Waals surface area contributed by atoms with Crippen LogP contribution in [0.15, 0.2) is 48.8 Å². The van der Waals surface area contributed by atoms with Crippen LogP contribution in [-0.2, 0) is 17.9 Å². The fourth-order valence-corrected chi connectivity index (χ4v) is 3.78. The van der Waals surface area contributed by atoms with Crippen molar-refractivity contribution in [2.24, 2.45) is 0 Å². The van der Waals surface area contributed by atoms with Crippen LogP contribution < -0.4 is 4.74 Å². The van der Waals surface area contributed by atoms with Crippen LogP contribution in [0.3, 0.4) is 0 Å². The number of rotatable bonds is 4. The van der Waals surface area contributed by atoms with Gasteiger partial charge in [0, 0.05) is 48.7 Å². The Bertz CT molecular complexity index is 1010. The summed E-state index contributed by atoms with van der Waals surface area (Å²) in [4.78, 5) is 19.2. The Morgan fingerprint density at radius 3 is 2.79 bits per heavy atom. The van der Waals surface area contributed by atoms with Crippen LogP contribution in [0, 0.1) is 13.8 Å². The first-order chi connectivity index (χ1) is 14.0. The standard InChI is InChI=1S/C23H26N4O2/c1-16-11-17(2)27(25-16)10-8-23(28)26-14-21-12-19(20-5-4-9-24-13-20)6-7-22(21)29-15-18(26)3/h4-7,9,11-13,18H,8,10,14-15H2,1-3H3. The maximum absolute atomic E-state index is 13.0. The van der Waals surface area contributed by atoms with E-state index in [1.807, 2.05) is 66.9 Å². The van der Waals surface area contributed by atoms with Gasteiger partial charge in [-0.3, -0.25) is 14.5 Å².